The molecule has 2 amide bonds. The van der Waals surface area contributed by atoms with Gasteiger partial charge >= 0.3 is 6.03 Å². The minimum Gasteiger partial charge on any atom is -0.497 e. The Morgan fingerprint density at radius 2 is 2.12 bits per heavy atom. The first-order chi connectivity index (χ1) is 11.7. The van der Waals surface area contributed by atoms with Crippen LogP contribution in [0.5, 0.6) is 5.75 Å². The summed E-state index contributed by atoms with van der Waals surface area (Å²) in [7, 11) is 1.68. The molecule has 7 nitrogen and oxygen atoms in total. The third-order valence-corrected chi connectivity index (χ3v) is 4.47. The molecule has 24 heavy (non-hydrogen) atoms. The van der Waals surface area contributed by atoms with Crippen molar-refractivity contribution in [2.24, 2.45) is 0 Å². The Morgan fingerprint density at radius 1 is 1.33 bits per heavy atom. The van der Waals surface area contributed by atoms with Crippen molar-refractivity contribution in [3.63, 3.8) is 0 Å². The molecule has 0 spiro atoms. The van der Waals surface area contributed by atoms with Crippen molar-refractivity contribution in [3.8, 4) is 5.75 Å². The van der Waals surface area contributed by atoms with Gasteiger partial charge in [0.25, 0.3) is 0 Å². The van der Waals surface area contributed by atoms with Crippen molar-refractivity contribution in [2.45, 2.75) is 13.0 Å². The molecule has 0 saturated carbocycles. The van der Waals surface area contributed by atoms with Gasteiger partial charge in [0.15, 0.2) is 0 Å². The average Bonchev–Trinajstić information content (AvgIpc) is 3.14. The largest absolute Gasteiger partial charge is 0.497 e. The highest BCUT2D eigenvalue weighted by molar-refractivity contribution is 5.89. The van der Waals surface area contributed by atoms with Gasteiger partial charge in [0, 0.05) is 38.4 Å². The first-order valence-corrected chi connectivity index (χ1v) is 8.10. The number of ether oxygens (including phenoxy) is 1. The Hall–Kier alpha value is -2.54. The Morgan fingerprint density at radius 3 is 2.79 bits per heavy atom. The Labute approximate surface area is 141 Å². The number of benzene rings is 1. The Bertz CT molecular complexity index is 665. The van der Waals surface area contributed by atoms with E-state index < -0.39 is 0 Å². The van der Waals surface area contributed by atoms with Crippen LogP contribution in [-0.4, -0.2) is 59.3 Å². The van der Waals surface area contributed by atoms with E-state index in [1.807, 2.05) is 17.0 Å². The molecule has 1 fully saturated rings. The second-order valence-electron chi connectivity index (χ2n) is 5.89. The molecule has 1 atom stereocenters. The third-order valence-electron chi connectivity index (χ3n) is 4.47. The Balaban J connectivity index is 1.55. The number of anilines is 1. The zero-order chi connectivity index (χ0) is 16.9. The number of rotatable bonds is 4. The SMILES string of the molecule is COc1cccc([C@@H](C)N2CCN(C(=O)Nc3cn[nH]c3)CC2)c1. The maximum atomic E-state index is 12.2. The number of carbonyl (C=O) groups excluding carboxylic acids is 1. The predicted molar refractivity (Wildman–Crippen MR) is 92.2 cm³/mol. The van der Waals surface area contributed by atoms with E-state index in [0.717, 1.165) is 18.8 Å². The molecule has 128 valence electrons. The van der Waals surface area contributed by atoms with Gasteiger partial charge in [-0.05, 0) is 24.6 Å². The number of piperazine rings is 1. The number of H-pyrrole nitrogens is 1. The number of carbonyl (C=O) groups is 1. The molecule has 0 radical (unpaired) electrons. The smallest absolute Gasteiger partial charge is 0.322 e. The minimum atomic E-state index is -0.0786. The number of amides is 2. The standard InChI is InChI=1S/C17H23N5O2/c1-13(14-4-3-5-16(10-14)24-2)21-6-8-22(9-7-21)17(23)20-15-11-18-19-12-15/h3-5,10-13H,6-9H2,1-2H3,(H,18,19)(H,20,23)/t13-/m1/s1. The lowest BCUT2D eigenvalue weighted by Crippen LogP contribution is -2.50. The number of nitrogens with zero attached hydrogens (tertiary/aromatic N) is 3. The summed E-state index contributed by atoms with van der Waals surface area (Å²) in [6.07, 6.45) is 3.26. The van der Waals surface area contributed by atoms with E-state index in [9.17, 15) is 4.79 Å². The van der Waals surface area contributed by atoms with Crippen LogP contribution in [0.4, 0.5) is 10.5 Å². The fraction of sp³-hybridized carbons (Fsp3) is 0.412. The van der Waals surface area contributed by atoms with E-state index in [-0.39, 0.29) is 6.03 Å². The second kappa shape index (κ2) is 7.35. The van der Waals surface area contributed by atoms with E-state index in [4.69, 9.17) is 4.74 Å². The van der Waals surface area contributed by atoms with Gasteiger partial charge in [-0.2, -0.15) is 5.10 Å². The monoisotopic (exact) mass is 329 g/mol. The summed E-state index contributed by atoms with van der Waals surface area (Å²) in [4.78, 5) is 16.5. The van der Waals surface area contributed by atoms with Gasteiger partial charge in [-0.25, -0.2) is 4.79 Å². The molecule has 1 aliphatic heterocycles. The lowest BCUT2D eigenvalue weighted by Gasteiger charge is -2.38. The lowest BCUT2D eigenvalue weighted by molar-refractivity contribution is 0.119. The molecule has 0 aliphatic carbocycles. The van der Waals surface area contributed by atoms with Crippen LogP contribution < -0.4 is 10.1 Å². The summed E-state index contributed by atoms with van der Waals surface area (Å²) in [5, 5.41) is 9.35. The molecule has 1 aromatic heterocycles. The van der Waals surface area contributed by atoms with Crippen molar-refractivity contribution in [1.82, 2.24) is 20.0 Å². The summed E-state index contributed by atoms with van der Waals surface area (Å²) in [5.74, 6) is 0.873. The first-order valence-electron chi connectivity index (χ1n) is 8.10. The van der Waals surface area contributed by atoms with Crippen molar-refractivity contribution in [2.75, 3.05) is 38.6 Å². The summed E-state index contributed by atoms with van der Waals surface area (Å²) < 4.78 is 5.30. The summed E-state index contributed by atoms with van der Waals surface area (Å²) in [6.45, 7) is 5.29. The van der Waals surface area contributed by atoms with E-state index >= 15 is 0 Å². The van der Waals surface area contributed by atoms with Crippen LogP contribution in [0.3, 0.4) is 0 Å². The zero-order valence-electron chi connectivity index (χ0n) is 14.0. The van der Waals surface area contributed by atoms with Gasteiger partial charge in [0.2, 0.25) is 0 Å². The lowest BCUT2D eigenvalue weighted by atomic mass is 10.1. The number of nitrogens with one attached hydrogen (secondary N) is 2. The molecular formula is C17H23N5O2. The van der Waals surface area contributed by atoms with Gasteiger partial charge in [-0.1, -0.05) is 12.1 Å². The maximum Gasteiger partial charge on any atom is 0.322 e. The van der Waals surface area contributed by atoms with E-state index in [1.54, 1.807) is 19.5 Å². The third kappa shape index (κ3) is 3.68. The van der Waals surface area contributed by atoms with E-state index in [1.165, 1.54) is 5.56 Å². The van der Waals surface area contributed by atoms with Gasteiger partial charge in [0.05, 0.1) is 19.0 Å². The van der Waals surface area contributed by atoms with Gasteiger partial charge < -0.3 is 15.0 Å². The molecule has 1 saturated heterocycles. The van der Waals surface area contributed by atoms with Crippen molar-refractivity contribution in [1.29, 1.82) is 0 Å². The average molecular weight is 329 g/mol. The van der Waals surface area contributed by atoms with Crippen LogP contribution >= 0.6 is 0 Å². The van der Waals surface area contributed by atoms with Crippen LogP contribution in [0.2, 0.25) is 0 Å². The summed E-state index contributed by atoms with van der Waals surface area (Å²) in [6, 6.07) is 8.37. The van der Waals surface area contributed by atoms with Crippen LogP contribution in [-0.2, 0) is 0 Å². The molecule has 3 rings (SSSR count). The fourth-order valence-electron chi connectivity index (χ4n) is 2.95. The molecule has 1 aromatic carbocycles. The number of aromatic amines is 1. The predicted octanol–water partition coefficient (Wildman–Crippen LogP) is 2.33. The van der Waals surface area contributed by atoms with Crippen LogP contribution in [0.1, 0.15) is 18.5 Å². The Kier molecular flexibility index (Phi) is 5.00. The van der Waals surface area contributed by atoms with Crippen molar-refractivity contribution in [3.05, 3.63) is 42.2 Å². The van der Waals surface area contributed by atoms with Gasteiger partial charge in [-0.3, -0.25) is 10.00 Å². The molecule has 0 unspecified atom stereocenters. The van der Waals surface area contributed by atoms with E-state index in [2.05, 4.69) is 39.5 Å². The molecule has 2 heterocycles. The number of methoxy groups -OCH3 is 1. The number of urea groups is 1. The summed E-state index contributed by atoms with van der Waals surface area (Å²) in [5.41, 5.74) is 1.91. The molecule has 2 aromatic rings. The van der Waals surface area contributed by atoms with Crippen LogP contribution in [0.25, 0.3) is 0 Å². The highest BCUT2D eigenvalue weighted by Gasteiger charge is 2.25. The fourth-order valence-corrected chi connectivity index (χ4v) is 2.95. The number of hydrogen-bond donors (Lipinski definition) is 2. The topological polar surface area (TPSA) is 73.5 Å². The summed E-state index contributed by atoms with van der Waals surface area (Å²) >= 11 is 0. The second-order valence-corrected chi connectivity index (χ2v) is 5.89. The molecule has 1 aliphatic rings. The van der Waals surface area contributed by atoms with Gasteiger partial charge in [-0.15, -0.1) is 0 Å². The van der Waals surface area contributed by atoms with Crippen molar-refractivity contribution >= 4 is 11.7 Å². The van der Waals surface area contributed by atoms with Crippen molar-refractivity contribution < 1.29 is 9.53 Å². The highest BCUT2D eigenvalue weighted by Crippen LogP contribution is 2.25. The zero-order valence-corrected chi connectivity index (χ0v) is 14.0. The highest BCUT2D eigenvalue weighted by atomic mass is 16.5. The minimum absolute atomic E-state index is 0.0786. The first kappa shape index (κ1) is 16.3. The molecule has 2 N–H and O–H groups in total. The molecule has 7 heteroatoms. The van der Waals surface area contributed by atoms with Crippen LogP contribution in [0, 0.1) is 0 Å². The maximum absolute atomic E-state index is 12.2. The molecule has 0 bridgehead atoms. The van der Waals surface area contributed by atoms with Crippen LogP contribution in [0.15, 0.2) is 36.7 Å². The quantitative estimate of drug-likeness (QED) is 0.903. The molecular weight excluding hydrogens is 306 g/mol. The van der Waals surface area contributed by atoms with Gasteiger partial charge in [0.1, 0.15) is 5.75 Å². The number of aromatic nitrogens is 2. The number of hydrogen-bond acceptors (Lipinski definition) is 4. The van der Waals surface area contributed by atoms with E-state index in [0.29, 0.717) is 24.8 Å². The normalized spacial score (nSPS) is 16.7.